The molecular formula is C18H18F4N4OS. The Bertz CT molecular complexity index is 972. The van der Waals surface area contributed by atoms with Gasteiger partial charge in [-0.05, 0) is 39.0 Å². The number of aromatic nitrogens is 1. The minimum Gasteiger partial charge on any atom is -0.385 e. The predicted octanol–water partition coefficient (Wildman–Crippen LogP) is 4.18. The summed E-state index contributed by atoms with van der Waals surface area (Å²) in [5.41, 5.74) is 0.842. The second-order valence-electron chi connectivity index (χ2n) is 7.09. The van der Waals surface area contributed by atoms with Gasteiger partial charge in [-0.1, -0.05) is 0 Å². The Morgan fingerprint density at radius 3 is 2.57 bits per heavy atom. The summed E-state index contributed by atoms with van der Waals surface area (Å²) in [4.78, 5) is 19.9. The molecule has 1 amide bonds. The number of amidine groups is 1. The van der Waals surface area contributed by atoms with Gasteiger partial charge in [-0.2, -0.15) is 0 Å². The van der Waals surface area contributed by atoms with Gasteiger partial charge in [0.15, 0.2) is 16.2 Å². The van der Waals surface area contributed by atoms with E-state index in [1.54, 1.807) is 12.3 Å². The minimum absolute atomic E-state index is 0.0774. The van der Waals surface area contributed by atoms with Crippen LogP contribution in [0.5, 0.6) is 0 Å². The lowest BCUT2D eigenvalue weighted by Crippen LogP contribution is -2.56. The molecule has 1 aliphatic heterocycles. The molecule has 10 heteroatoms. The first-order chi connectivity index (χ1) is 12.9. The molecule has 1 aromatic heterocycles. The second-order valence-corrected chi connectivity index (χ2v) is 7.95. The van der Waals surface area contributed by atoms with Crippen molar-refractivity contribution in [3.8, 4) is 0 Å². The molecule has 5 nitrogen and oxygen atoms in total. The van der Waals surface area contributed by atoms with Crippen LogP contribution in [0.15, 0.2) is 28.6 Å². The van der Waals surface area contributed by atoms with E-state index in [1.807, 2.05) is 0 Å². The van der Waals surface area contributed by atoms with Crippen molar-refractivity contribution in [1.82, 2.24) is 4.98 Å². The van der Waals surface area contributed by atoms with Gasteiger partial charge in [-0.25, -0.2) is 22.5 Å². The summed E-state index contributed by atoms with van der Waals surface area (Å²) in [6.07, 6.45) is -1.24. The summed E-state index contributed by atoms with van der Waals surface area (Å²) in [7, 11) is 0. The molecule has 0 saturated carbocycles. The van der Waals surface area contributed by atoms with Gasteiger partial charge >= 0.3 is 0 Å². The van der Waals surface area contributed by atoms with Crippen molar-refractivity contribution in [2.45, 2.75) is 44.3 Å². The van der Waals surface area contributed by atoms with E-state index in [0.717, 1.165) is 37.3 Å². The maximum absolute atomic E-state index is 14.8. The summed E-state index contributed by atoms with van der Waals surface area (Å²) in [5, 5.41) is 4.35. The number of rotatable bonds is 3. The van der Waals surface area contributed by atoms with Gasteiger partial charge in [0.1, 0.15) is 11.7 Å². The van der Waals surface area contributed by atoms with Crippen LogP contribution in [0.2, 0.25) is 0 Å². The molecule has 1 aliphatic rings. The lowest BCUT2D eigenvalue weighted by molar-refractivity contribution is -0.106. The Kier molecular flexibility index (Phi) is 4.73. The van der Waals surface area contributed by atoms with E-state index in [9.17, 15) is 22.4 Å². The average Bonchev–Trinajstić information content (AvgIpc) is 3.01. The van der Waals surface area contributed by atoms with E-state index in [1.165, 1.54) is 6.07 Å². The zero-order chi connectivity index (χ0) is 20.9. The summed E-state index contributed by atoms with van der Waals surface area (Å²) in [6, 6.07) is 3.22. The number of carbonyl (C=O) groups is 1. The van der Waals surface area contributed by atoms with Crippen LogP contribution < -0.4 is 11.1 Å². The smallest absolute Gasteiger partial charge is 0.284 e. The van der Waals surface area contributed by atoms with E-state index < -0.39 is 46.7 Å². The van der Waals surface area contributed by atoms with Gasteiger partial charge in [-0.15, -0.1) is 11.3 Å². The fourth-order valence-electron chi connectivity index (χ4n) is 3.00. The Morgan fingerprint density at radius 2 is 1.96 bits per heavy atom. The Labute approximate surface area is 162 Å². The van der Waals surface area contributed by atoms with E-state index in [-0.39, 0.29) is 10.7 Å². The number of anilines is 1. The highest BCUT2D eigenvalue weighted by atomic mass is 32.1. The summed E-state index contributed by atoms with van der Waals surface area (Å²) in [5.74, 6) is -5.87. The molecule has 28 heavy (non-hydrogen) atoms. The monoisotopic (exact) mass is 414 g/mol. The number of hydrogen-bond donors (Lipinski definition) is 2. The Balaban J connectivity index is 2.01. The van der Waals surface area contributed by atoms with Crippen LogP contribution in [0.1, 0.15) is 41.3 Å². The van der Waals surface area contributed by atoms with Crippen molar-refractivity contribution in [2.75, 3.05) is 5.32 Å². The molecule has 0 bridgehead atoms. The zero-order valence-corrected chi connectivity index (χ0v) is 16.1. The average molecular weight is 414 g/mol. The molecule has 0 fully saturated rings. The van der Waals surface area contributed by atoms with Crippen molar-refractivity contribution in [3.63, 3.8) is 0 Å². The normalized spacial score (nSPS) is 26.6. The number of thiazole rings is 1. The highest BCUT2D eigenvalue weighted by Crippen LogP contribution is 2.50. The SMILES string of the molecule is Cc1csc(C(=O)Nc2ccc(F)c([C@@]3(C)N=C(N)[C@@](C)(F)CC3(F)F)c2)n1. The largest absolute Gasteiger partial charge is 0.385 e. The molecule has 0 aliphatic carbocycles. The van der Waals surface area contributed by atoms with Crippen LogP contribution in [0.4, 0.5) is 23.2 Å². The lowest BCUT2D eigenvalue weighted by Gasteiger charge is -2.42. The Hall–Kier alpha value is -2.49. The highest BCUT2D eigenvalue weighted by Gasteiger charge is 2.60. The number of nitrogens with two attached hydrogens (primary N) is 1. The summed E-state index contributed by atoms with van der Waals surface area (Å²) in [6.45, 7) is 3.61. The first-order valence-corrected chi connectivity index (χ1v) is 9.20. The number of carbonyl (C=O) groups excluding carboxylic acids is 1. The van der Waals surface area contributed by atoms with Gasteiger partial charge < -0.3 is 11.1 Å². The molecule has 0 saturated heterocycles. The number of nitrogens with zero attached hydrogens (tertiary/aromatic N) is 2. The van der Waals surface area contributed by atoms with Crippen LogP contribution >= 0.6 is 11.3 Å². The fourth-order valence-corrected chi connectivity index (χ4v) is 3.68. The maximum atomic E-state index is 14.8. The topological polar surface area (TPSA) is 80.4 Å². The molecule has 3 N–H and O–H groups in total. The molecular weight excluding hydrogens is 396 g/mol. The van der Waals surface area contributed by atoms with Crippen molar-refractivity contribution in [1.29, 1.82) is 0 Å². The molecule has 2 aromatic rings. The van der Waals surface area contributed by atoms with Gasteiger partial charge in [-0.3, -0.25) is 9.79 Å². The second kappa shape index (κ2) is 6.54. The summed E-state index contributed by atoms with van der Waals surface area (Å²) >= 11 is 1.11. The van der Waals surface area contributed by atoms with Crippen molar-refractivity contribution >= 4 is 28.8 Å². The van der Waals surface area contributed by atoms with Crippen LogP contribution in [0.25, 0.3) is 0 Å². The van der Waals surface area contributed by atoms with Crippen molar-refractivity contribution < 1.29 is 22.4 Å². The lowest BCUT2D eigenvalue weighted by atomic mass is 9.77. The van der Waals surface area contributed by atoms with Crippen LogP contribution in [-0.2, 0) is 5.54 Å². The number of aryl methyl sites for hydroxylation is 1. The third kappa shape index (κ3) is 3.36. The molecule has 2 heterocycles. The zero-order valence-electron chi connectivity index (χ0n) is 15.3. The first-order valence-electron chi connectivity index (χ1n) is 8.32. The predicted molar refractivity (Wildman–Crippen MR) is 99.3 cm³/mol. The van der Waals surface area contributed by atoms with Crippen LogP contribution in [0, 0.1) is 12.7 Å². The highest BCUT2D eigenvalue weighted by molar-refractivity contribution is 7.11. The molecule has 2 atom stereocenters. The quantitative estimate of drug-likeness (QED) is 0.740. The molecule has 150 valence electrons. The van der Waals surface area contributed by atoms with E-state index in [4.69, 9.17) is 5.73 Å². The maximum Gasteiger partial charge on any atom is 0.284 e. The van der Waals surface area contributed by atoms with Crippen LogP contribution in [0.3, 0.4) is 0 Å². The number of halogens is 4. The third-order valence-electron chi connectivity index (χ3n) is 4.71. The van der Waals surface area contributed by atoms with Crippen LogP contribution in [-0.4, -0.2) is 28.3 Å². The van der Waals surface area contributed by atoms with Crippen molar-refractivity contribution in [2.24, 2.45) is 10.7 Å². The molecule has 0 unspecified atom stereocenters. The van der Waals surface area contributed by atoms with Gasteiger partial charge in [0.05, 0.1) is 6.42 Å². The molecule has 0 spiro atoms. The van der Waals surface area contributed by atoms with E-state index in [2.05, 4.69) is 15.3 Å². The van der Waals surface area contributed by atoms with Gasteiger partial charge in [0, 0.05) is 22.3 Å². The van der Waals surface area contributed by atoms with Gasteiger partial charge in [0.25, 0.3) is 11.8 Å². The standard InChI is InChI=1S/C18H18F4N4OS/c1-9-7-28-14(24-9)13(27)25-10-4-5-12(19)11(6-10)17(3)18(21,22)8-16(2,20)15(23)26-17/h4-7H,8H2,1-3H3,(H2,23,26)(H,25,27)/t16-,17+/m0/s1. The Morgan fingerprint density at radius 1 is 1.29 bits per heavy atom. The van der Waals surface area contributed by atoms with Crippen molar-refractivity contribution in [3.05, 3.63) is 45.7 Å². The number of hydrogen-bond acceptors (Lipinski definition) is 5. The number of benzene rings is 1. The minimum atomic E-state index is -3.71. The summed E-state index contributed by atoms with van der Waals surface area (Å²) < 4.78 is 58.3. The van der Waals surface area contributed by atoms with E-state index >= 15 is 0 Å². The number of alkyl halides is 3. The number of nitrogens with one attached hydrogen (secondary N) is 1. The fraction of sp³-hybridized carbons (Fsp3) is 0.389. The molecule has 1 aromatic carbocycles. The molecule has 0 radical (unpaired) electrons. The number of amides is 1. The number of aliphatic imine (C=N–C) groups is 1. The van der Waals surface area contributed by atoms with Gasteiger partial charge in [0.2, 0.25) is 0 Å². The van der Waals surface area contributed by atoms with E-state index in [0.29, 0.717) is 5.69 Å². The third-order valence-corrected chi connectivity index (χ3v) is 5.67. The molecule has 3 rings (SSSR count). The first kappa shape index (κ1) is 20.2.